The lowest BCUT2D eigenvalue weighted by Gasteiger charge is -2.19. The molecule has 0 N–H and O–H groups in total. The zero-order valence-electron chi connectivity index (χ0n) is 16.5. The SMILES string of the molecule is CC(=O)c1ccc(S(=O)(=O)N(C)CCCC(=O)N(C)Cc2ccccc2)cc1. The first-order chi connectivity index (χ1) is 13.2. The van der Waals surface area contributed by atoms with E-state index in [1.54, 1.807) is 11.9 Å². The average molecular weight is 403 g/mol. The smallest absolute Gasteiger partial charge is 0.242 e. The highest BCUT2D eigenvalue weighted by atomic mass is 32.2. The van der Waals surface area contributed by atoms with Crippen LogP contribution in [0.3, 0.4) is 0 Å². The molecule has 6 nitrogen and oxygen atoms in total. The van der Waals surface area contributed by atoms with Gasteiger partial charge in [-0.05, 0) is 31.0 Å². The van der Waals surface area contributed by atoms with Gasteiger partial charge in [0.1, 0.15) is 0 Å². The van der Waals surface area contributed by atoms with Crippen LogP contribution in [0, 0.1) is 0 Å². The molecule has 0 bridgehead atoms. The van der Waals surface area contributed by atoms with E-state index in [0.717, 1.165) is 5.56 Å². The summed E-state index contributed by atoms with van der Waals surface area (Å²) in [6.07, 6.45) is 0.700. The molecule has 0 atom stereocenters. The van der Waals surface area contributed by atoms with Crippen LogP contribution >= 0.6 is 0 Å². The van der Waals surface area contributed by atoms with Gasteiger partial charge in [0.25, 0.3) is 0 Å². The zero-order valence-corrected chi connectivity index (χ0v) is 17.3. The Bertz CT molecular complexity index is 909. The number of carbonyl (C=O) groups excluding carboxylic acids is 2. The number of ketones is 1. The minimum atomic E-state index is -3.65. The molecule has 0 aliphatic rings. The Morgan fingerprint density at radius 1 is 0.929 bits per heavy atom. The van der Waals surface area contributed by atoms with Gasteiger partial charge in [0, 0.05) is 39.2 Å². The lowest BCUT2D eigenvalue weighted by Crippen LogP contribution is -2.30. The highest BCUT2D eigenvalue weighted by Crippen LogP contribution is 2.16. The van der Waals surface area contributed by atoms with Crippen LogP contribution in [0.4, 0.5) is 0 Å². The van der Waals surface area contributed by atoms with Gasteiger partial charge in [0.05, 0.1) is 4.90 Å². The molecular formula is C21H26N2O4S. The summed E-state index contributed by atoms with van der Waals surface area (Å²) in [6, 6.07) is 15.6. The molecule has 2 aromatic rings. The highest BCUT2D eigenvalue weighted by Gasteiger charge is 2.21. The fourth-order valence-electron chi connectivity index (χ4n) is 2.75. The van der Waals surface area contributed by atoms with Gasteiger partial charge in [-0.1, -0.05) is 42.5 Å². The van der Waals surface area contributed by atoms with Crippen molar-refractivity contribution < 1.29 is 18.0 Å². The van der Waals surface area contributed by atoms with E-state index in [2.05, 4.69) is 0 Å². The van der Waals surface area contributed by atoms with Gasteiger partial charge in [-0.2, -0.15) is 0 Å². The van der Waals surface area contributed by atoms with Gasteiger partial charge in [-0.25, -0.2) is 12.7 Å². The van der Waals surface area contributed by atoms with Gasteiger partial charge in [0.2, 0.25) is 15.9 Å². The average Bonchev–Trinajstić information content (AvgIpc) is 2.68. The van der Waals surface area contributed by atoms with E-state index in [9.17, 15) is 18.0 Å². The first-order valence-electron chi connectivity index (χ1n) is 9.07. The minimum absolute atomic E-state index is 0.0273. The number of benzene rings is 2. The number of rotatable bonds is 9. The van der Waals surface area contributed by atoms with Crippen molar-refractivity contribution >= 4 is 21.7 Å². The summed E-state index contributed by atoms with van der Waals surface area (Å²) >= 11 is 0. The summed E-state index contributed by atoms with van der Waals surface area (Å²) in [5.41, 5.74) is 1.51. The van der Waals surface area contributed by atoms with Crippen molar-refractivity contribution in [3.05, 3.63) is 65.7 Å². The minimum Gasteiger partial charge on any atom is -0.341 e. The molecule has 0 aliphatic heterocycles. The predicted molar refractivity (Wildman–Crippen MR) is 108 cm³/mol. The lowest BCUT2D eigenvalue weighted by atomic mass is 10.2. The first-order valence-corrected chi connectivity index (χ1v) is 10.5. The van der Waals surface area contributed by atoms with E-state index in [0.29, 0.717) is 18.5 Å². The quantitative estimate of drug-likeness (QED) is 0.605. The van der Waals surface area contributed by atoms with E-state index in [1.165, 1.54) is 42.5 Å². The van der Waals surface area contributed by atoms with Crippen molar-refractivity contribution in [2.45, 2.75) is 31.2 Å². The Kier molecular flexibility index (Phi) is 7.48. The highest BCUT2D eigenvalue weighted by molar-refractivity contribution is 7.89. The summed E-state index contributed by atoms with van der Waals surface area (Å²) in [4.78, 5) is 25.4. The molecule has 0 fully saturated rings. The van der Waals surface area contributed by atoms with Gasteiger partial charge in [-0.15, -0.1) is 0 Å². The Morgan fingerprint density at radius 2 is 1.54 bits per heavy atom. The van der Waals surface area contributed by atoms with Crippen molar-refractivity contribution in [2.24, 2.45) is 0 Å². The zero-order chi connectivity index (χ0) is 20.7. The monoisotopic (exact) mass is 402 g/mol. The van der Waals surface area contributed by atoms with Crippen LogP contribution < -0.4 is 0 Å². The van der Waals surface area contributed by atoms with Crippen molar-refractivity contribution in [3.8, 4) is 0 Å². The van der Waals surface area contributed by atoms with Crippen LogP contribution in [0.25, 0.3) is 0 Å². The van der Waals surface area contributed by atoms with Crippen LogP contribution in [0.1, 0.15) is 35.7 Å². The standard InChI is InChI=1S/C21H26N2O4S/c1-17(24)19-11-13-20(14-12-19)28(26,27)23(3)15-7-10-21(25)22(2)16-18-8-5-4-6-9-18/h4-6,8-9,11-14H,7,10,15-16H2,1-3H3. The molecule has 0 unspecified atom stereocenters. The summed E-state index contributed by atoms with van der Waals surface area (Å²) in [7, 11) is -0.416. The van der Waals surface area contributed by atoms with Crippen LogP contribution in [-0.2, 0) is 21.4 Å². The van der Waals surface area contributed by atoms with Gasteiger partial charge < -0.3 is 4.90 Å². The fraction of sp³-hybridized carbons (Fsp3) is 0.333. The molecular weight excluding hydrogens is 376 g/mol. The Morgan fingerprint density at radius 3 is 2.11 bits per heavy atom. The maximum absolute atomic E-state index is 12.6. The van der Waals surface area contributed by atoms with Crippen molar-refractivity contribution in [3.63, 3.8) is 0 Å². The van der Waals surface area contributed by atoms with E-state index >= 15 is 0 Å². The number of hydrogen-bond donors (Lipinski definition) is 0. The third-order valence-electron chi connectivity index (χ3n) is 4.52. The first kappa shape index (κ1) is 21.8. The molecule has 0 radical (unpaired) electrons. The number of hydrogen-bond acceptors (Lipinski definition) is 4. The number of nitrogens with zero attached hydrogens (tertiary/aromatic N) is 2. The number of carbonyl (C=O) groups is 2. The van der Waals surface area contributed by atoms with Crippen LogP contribution in [0.5, 0.6) is 0 Å². The van der Waals surface area contributed by atoms with Crippen LogP contribution in [0.2, 0.25) is 0 Å². The van der Waals surface area contributed by atoms with Crippen molar-refractivity contribution in [1.82, 2.24) is 9.21 Å². The van der Waals surface area contributed by atoms with E-state index < -0.39 is 10.0 Å². The molecule has 0 spiro atoms. The molecule has 0 aliphatic carbocycles. The Labute approximate surface area is 166 Å². The second-order valence-corrected chi connectivity index (χ2v) is 8.79. The summed E-state index contributed by atoms with van der Waals surface area (Å²) in [5, 5.41) is 0. The normalized spacial score (nSPS) is 11.4. The molecule has 7 heteroatoms. The molecule has 28 heavy (non-hydrogen) atoms. The Hall–Kier alpha value is -2.51. The molecule has 2 aromatic carbocycles. The fourth-order valence-corrected chi connectivity index (χ4v) is 3.96. The largest absolute Gasteiger partial charge is 0.341 e. The molecule has 0 saturated heterocycles. The number of sulfonamides is 1. The maximum atomic E-state index is 12.6. The molecule has 2 rings (SSSR count). The second-order valence-electron chi connectivity index (χ2n) is 6.75. The number of amides is 1. The van der Waals surface area contributed by atoms with Crippen molar-refractivity contribution in [1.29, 1.82) is 0 Å². The molecule has 0 aromatic heterocycles. The van der Waals surface area contributed by atoms with Gasteiger partial charge in [0.15, 0.2) is 5.78 Å². The third kappa shape index (κ3) is 5.74. The molecule has 150 valence electrons. The Balaban J connectivity index is 1.87. The molecule has 0 saturated carbocycles. The van der Waals surface area contributed by atoms with E-state index in [-0.39, 0.29) is 29.6 Å². The van der Waals surface area contributed by atoms with Crippen LogP contribution in [0.15, 0.2) is 59.5 Å². The maximum Gasteiger partial charge on any atom is 0.242 e. The summed E-state index contributed by atoms with van der Waals surface area (Å²) in [6.45, 7) is 2.19. The summed E-state index contributed by atoms with van der Waals surface area (Å²) < 4.78 is 26.5. The van der Waals surface area contributed by atoms with Gasteiger partial charge >= 0.3 is 0 Å². The van der Waals surface area contributed by atoms with E-state index in [1.807, 2.05) is 30.3 Å². The third-order valence-corrected chi connectivity index (χ3v) is 6.39. The van der Waals surface area contributed by atoms with Gasteiger partial charge in [-0.3, -0.25) is 9.59 Å². The molecule has 1 amide bonds. The second kappa shape index (κ2) is 9.61. The molecule has 0 heterocycles. The van der Waals surface area contributed by atoms with E-state index in [4.69, 9.17) is 0 Å². The van der Waals surface area contributed by atoms with Crippen LogP contribution in [-0.4, -0.2) is 50.0 Å². The van der Waals surface area contributed by atoms with Crippen molar-refractivity contribution in [2.75, 3.05) is 20.6 Å². The lowest BCUT2D eigenvalue weighted by molar-refractivity contribution is -0.130. The summed E-state index contributed by atoms with van der Waals surface area (Å²) in [5.74, 6) is -0.143. The topological polar surface area (TPSA) is 74.8 Å². The predicted octanol–water partition coefficient (Wildman–Crippen LogP) is 2.95. The number of Topliss-reactive ketones (excluding diaryl/α,β-unsaturated/α-hetero) is 1.